The molecule has 2 N–H and O–H groups in total. The van der Waals surface area contributed by atoms with Gasteiger partial charge in [0.05, 0.1) is 11.8 Å². The molecule has 0 fully saturated rings. The first-order chi connectivity index (χ1) is 15.2. The Balaban J connectivity index is 2.20. The van der Waals surface area contributed by atoms with Crippen molar-refractivity contribution in [1.29, 1.82) is 0 Å². The summed E-state index contributed by atoms with van der Waals surface area (Å²) in [6.07, 6.45) is -0.419. The van der Waals surface area contributed by atoms with Crippen LogP contribution in [-0.2, 0) is 19.9 Å². The summed E-state index contributed by atoms with van der Waals surface area (Å²) in [7, 11) is -6.70. The average Bonchev–Trinajstić information content (AvgIpc) is 3.19. The fraction of sp³-hybridized carbons (Fsp3) is 0.400. The van der Waals surface area contributed by atoms with Crippen molar-refractivity contribution in [3.63, 3.8) is 0 Å². The molecule has 33 heavy (non-hydrogen) atoms. The van der Waals surface area contributed by atoms with Crippen LogP contribution in [0.1, 0.15) is 65.3 Å². The molecule has 3 aromatic rings. The molecule has 5 nitrogen and oxygen atoms in total. The van der Waals surface area contributed by atoms with E-state index in [1.54, 1.807) is 0 Å². The number of nitrogens with two attached hydrogens (primary N) is 1. The SMILES string of the molecule is CC(O[Si](c1ccccc1)(c1ccccc1)C(C)(C)C)c1nc(C(C)(C)C)c(S(N)(=O)=O)s1. The van der Waals surface area contributed by atoms with Crippen molar-refractivity contribution in [3.8, 4) is 0 Å². The van der Waals surface area contributed by atoms with E-state index in [0.29, 0.717) is 10.7 Å². The van der Waals surface area contributed by atoms with Crippen molar-refractivity contribution in [2.45, 2.75) is 69.2 Å². The number of hydrogen-bond acceptors (Lipinski definition) is 5. The van der Waals surface area contributed by atoms with Crippen LogP contribution in [0.25, 0.3) is 0 Å². The lowest BCUT2D eigenvalue weighted by Crippen LogP contribution is -2.66. The summed E-state index contributed by atoms with van der Waals surface area (Å²) in [6.45, 7) is 14.4. The van der Waals surface area contributed by atoms with E-state index in [1.807, 2.05) is 64.1 Å². The molecule has 0 aliphatic rings. The highest BCUT2D eigenvalue weighted by molar-refractivity contribution is 7.91. The average molecular weight is 503 g/mol. The summed E-state index contributed by atoms with van der Waals surface area (Å²) in [6, 6.07) is 20.7. The molecular formula is C25H34N2O3S2Si. The highest BCUT2D eigenvalue weighted by Gasteiger charge is 2.51. The molecule has 0 radical (unpaired) electrons. The minimum absolute atomic E-state index is 0.114. The lowest BCUT2D eigenvalue weighted by Gasteiger charge is -2.44. The number of benzene rings is 2. The monoisotopic (exact) mass is 502 g/mol. The van der Waals surface area contributed by atoms with Crippen molar-refractivity contribution in [2.75, 3.05) is 0 Å². The molecule has 1 unspecified atom stereocenters. The van der Waals surface area contributed by atoms with Gasteiger partial charge in [0.2, 0.25) is 10.0 Å². The van der Waals surface area contributed by atoms with Gasteiger partial charge in [0.1, 0.15) is 5.01 Å². The smallest absolute Gasteiger partial charge is 0.262 e. The van der Waals surface area contributed by atoms with Gasteiger partial charge >= 0.3 is 0 Å². The van der Waals surface area contributed by atoms with Crippen LogP contribution in [0.3, 0.4) is 0 Å². The van der Waals surface area contributed by atoms with Gasteiger partial charge < -0.3 is 4.43 Å². The quantitative estimate of drug-likeness (QED) is 0.494. The van der Waals surface area contributed by atoms with Crippen molar-refractivity contribution in [3.05, 3.63) is 71.4 Å². The second kappa shape index (κ2) is 9.07. The third kappa shape index (κ3) is 5.15. The molecule has 1 aromatic heterocycles. The first-order valence-electron chi connectivity index (χ1n) is 11.0. The lowest BCUT2D eigenvalue weighted by molar-refractivity contribution is 0.210. The Hall–Kier alpha value is -1.84. The van der Waals surface area contributed by atoms with E-state index in [2.05, 4.69) is 45.0 Å². The molecule has 0 spiro atoms. The van der Waals surface area contributed by atoms with Gasteiger partial charge in [0.15, 0.2) is 4.21 Å². The Morgan fingerprint density at radius 2 is 1.36 bits per heavy atom. The van der Waals surface area contributed by atoms with Crippen molar-refractivity contribution < 1.29 is 12.8 Å². The molecule has 8 heteroatoms. The van der Waals surface area contributed by atoms with Crippen molar-refractivity contribution in [1.82, 2.24) is 4.98 Å². The molecule has 0 saturated carbocycles. The highest BCUT2D eigenvalue weighted by atomic mass is 32.2. The predicted octanol–water partition coefficient (Wildman–Crippen LogP) is 4.73. The summed E-state index contributed by atoms with van der Waals surface area (Å²) in [5, 5.41) is 8.31. The minimum atomic E-state index is -3.89. The minimum Gasteiger partial charge on any atom is -0.398 e. The van der Waals surface area contributed by atoms with E-state index in [1.165, 1.54) is 0 Å². The Morgan fingerprint density at radius 1 is 0.909 bits per heavy atom. The fourth-order valence-corrected chi connectivity index (χ4v) is 11.2. The molecule has 0 amide bonds. The number of nitrogens with zero attached hydrogens (tertiary/aromatic N) is 1. The van der Waals surface area contributed by atoms with Crippen molar-refractivity contribution >= 4 is 40.1 Å². The molecular weight excluding hydrogens is 469 g/mol. The van der Waals surface area contributed by atoms with Crippen LogP contribution >= 0.6 is 11.3 Å². The molecule has 2 aromatic carbocycles. The summed E-state index contributed by atoms with van der Waals surface area (Å²) >= 11 is 1.12. The Labute approximate surface area is 203 Å². The van der Waals surface area contributed by atoms with Gasteiger partial charge in [-0.15, -0.1) is 11.3 Å². The number of aromatic nitrogens is 1. The maximum atomic E-state index is 12.3. The van der Waals surface area contributed by atoms with E-state index in [-0.39, 0.29) is 9.25 Å². The van der Waals surface area contributed by atoms with Crippen LogP contribution < -0.4 is 15.5 Å². The zero-order valence-corrected chi connectivity index (χ0v) is 23.0. The third-order valence-electron chi connectivity index (χ3n) is 5.70. The van der Waals surface area contributed by atoms with Crippen LogP contribution in [0.15, 0.2) is 64.9 Å². The summed E-state index contributed by atoms with van der Waals surface area (Å²) < 4.78 is 31.9. The highest BCUT2D eigenvalue weighted by Crippen LogP contribution is 2.42. The Morgan fingerprint density at radius 3 is 1.70 bits per heavy atom. The molecule has 3 rings (SSSR count). The van der Waals surface area contributed by atoms with Crippen LogP contribution in [0.4, 0.5) is 0 Å². The maximum Gasteiger partial charge on any atom is 0.262 e. The van der Waals surface area contributed by atoms with Crippen LogP contribution in [0.2, 0.25) is 5.04 Å². The van der Waals surface area contributed by atoms with Gasteiger partial charge in [-0.2, -0.15) is 0 Å². The van der Waals surface area contributed by atoms with Crippen LogP contribution in [-0.4, -0.2) is 21.7 Å². The number of hydrogen-bond donors (Lipinski definition) is 1. The van der Waals surface area contributed by atoms with Gasteiger partial charge in [-0.05, 0) is 22.3 Å². The fourth-order valence-electron chi connectivity index (χ4n) is 4.17. The van der Waals surface area contributed by atoms with Gasteiger partial charge in [-0.25, -0.2) is 18.5 Å². The third-order valence-corrected chi connectivity index (χ3v) is 13.5. The molecule has 0 bridgehead atoms. The van der Waals surface area contributed by atoms with E-state index in [0.717, 1.165) is 21.7 Å². The number of rotatable bonds is 6. The van der Waals surface area contributed by atoms with Gasteiger partial charge in [0.25, 0.3) is 8.32 Å². The van der Waals surface area contributed by atoms with Crippen molar-refractivity contribution in [2.24, 2.45) is 5.14 Å². The van der Waals surface area contributed by atoms with E-state index < -0.39 is 29.9 Å². The second-order valence-corrected chi connectivity index (χ2v) is 17.4. The lowest BCUT2D eigenvalue weighted by atomic mass is 9.93. The van der Waals surface area contributed by atoms with E-state index in [9.17, 15) is 8.42 Å². The van der Waals surface area contributed by atoms with Crippen LogP contribution in [0.5, 0.6) is 0 Å². The molecule has 0 saturated heterocycles. The second-order valence-electron chi connectivity index (χ2n) is 10.4. The molecule has 0 aliphatic heterocycles. The number of thiazole rings is 1. The van der Waals surface area contributed by atoms with Gasteiger partial charge in [-0.3, -0.25) is 0 Å². The largest absolute Gasteiger partial charge is 0.398 e. The topological polar surface area (TPSA) is 82.3 Å². The molecule has 1 atom stereocenters. The number of primary sulfonamides is 1. The first kappa shape index (κ1) is 25.8. The zero-order chi connectivity index (χ0) is 24.7. The van der Waals surface area contributed by atoms with Gasteiger partial charge in [-0.1, -0.05) is 102 Å². The number of sulfonamides is 1. The standard InChI is InChI=1S/C25H34N2O3S2Si/c1-18(22-27-21(24(2,3)4)23(31-22)32(26,28)29)30-33(25(5,6)7,19-14-10-8-11-15-19)20-16-12-9-13-17-20/h8-18H,1-7H3,(H2,26,28,29). The normalized spacial score (nSPS) is 14.3. The molecule has 0 aliphatic carbocycles. The zero-order valence-electron chi connectivity index (χ0n) is 20.4. The Bertz CT molecular complexity index is 1160. The predicted molar refractivity (Wildman–Crippen MR) is 139 cm³/mol. The van der Waals surface area contributed by atoms with Crippen LogP contribution in [0, 0.1) is 0 Å². The molecule has 178 valence electrons. The summed E-state index contributed by atoms with van der Waals surface area (Å²) in [5.74, 6) is 0. The van der Waals surface area contributed by atoms with Gasteiger partial charge in [0, 0.05) is 5.41 Å². The van der Waals surface area contributed by atoms with E-state index in [4.69, 9.17) is 14.5 Å². The Kier molecular flexibility index (Phi) is 7.09. The molecule has 1 heterocycles. The summed E-state index contributed by atoms with van der Waals surface area (Å²) in [4.78, 5) is 4.76. The van der Waals surface area contributed by atoms with E-state index >= 15 is 0 Å². The maximum absolute atomic E-state index is 12.3. The first-order valence-corrected chi connectivity index (χ1v) is 15.3. The summed E-state index contributed by atoms with van der Waals surface area (Å²) in [5.41, 5.74) is 0.0242.